The molecule has 1 unspecified atom stereocenters. The number of rotatable bonds is 3. The van der Waals surface area contributed by atoms with Gasteiger partial charge in [0.05, 0.1) is 12.7 Å². The van der Waals surface area contributed by atoms with Crippen molar-refractivity contribution >= 4 is 15.9 Å². The fourth-order valence-corrected chi connectivity index (χ4v) is 1.56. The maximum Gasteiger partial charge on any atom is 0.144 e. The number of ether oxygens (including phenoxy) is 1. The molecule has 1 atom stereocenters. The molecule has 1 aromatic rings. The van der Waals surface area contributed by atoms with Gasteiger partial charge in [-0.2, -0.15) is 0 Å². The first kappa shape index (κ1) is 11.4. The third kappa shape index (κ3) is 2.22. The Kier molecular flexibility index (Phi) is 3.83. The van der Waals surface area contributed by atoms with Gasteiger partial charge in [-0.1, -0.05) is 15.9 Å². The first-order chi connectivity index (χ1) is 6.60. The predicted octanol–water partition coefficient (Wildman–Crippen LogP) is 2.57. The van der Waals surface area contributed by atoms with Crippen LogP contribution in [0.3, 0.4) is 0 Å². The Balaban J connectivity index is 3.24. The quantitative estimate of drug-likeness (QED) is 0.912. The van der Waals surface area contributed by atoms with Crippen LogP contribution in [0.5, 0.6) is 5.75 Å². The van der Waals surface area contributed by atoms with Crippen LogP contribution in [0.1, 0.15) is 11.7 Å². The Hall–Kier alpha value is -0.680. The minimum atomic E-state index is -1.54. The molecule has 1 aromatic carbocycles. The number of benzene rings is 1. The van der Waals surface area contributed by atoms with Gasteiger partial charge in [-0.05, 0) is 12.1 Å². The first-order valence-corrected chi connectivity index (χ1v) is 4.76. The number of hydrogen-bond donors (Lipinski definition) is 1. The highest BCUT2D eigenvalue weighted by Crippen LogP contribution is 2.32. The molecule has 0 amide bonds. The molecule has 0 aromatic heterocycles. The van der Waals surface area contributed by atoms with E-state index in [4.69, 9.17) is 10.5 Å². The summed E-state index contributed by atoms with van der Waals surface area (Å²) in [6.07, 6.45) is -1.54. The molecular weight excluding hydrogens is 256 g/mol. The average Bonchev–Trinajstić information content (AvgIpc) is 2.15. The second-order valence-electron chi connectivity index (χ2n) is 2.71. The Bertz CT molecular complexity index is 333. The Labute approximate surface area is 89.2 Å². The van der Waals surface area contributed by atoms with Crippen LogP contribution in [0.2, 0.25) is 0 Å². The fraction of sp³-hybridized carbons (Fsp3) is 0.333. The van der Waals surface area contributed by atoms with E-state index in [-0.39, 0.29) is 17.9 Å². The van der Waals surface area contributed by atoms with Crippen molar-refractivity contribution in [2.45, 2.75) is 6.17 Å². The third-order valence-corrected chi connectivity index (χ3v) is 2.25. The van der Waals surface area contributed by atoms with Gasteiger partial charge in [-0.15, -0.1) is 0 Å². The summed E-state index contributed by atoms with van der Waals surface area (Å²) in [5.41, 5.74) is 5.00. The maximum atomic E-state index is 13.3. The summed E-state index contributed by atoms with van der Waals surface area (Å²) in [4.78, 5) is 0. The summed E-state index contributed by atoms with van der Waals surface area (Å²) in [5.74, 6) is -0.496. The molecule has 0 spiro atoms. The molecule has 0 saturated heterocycles. The maximum absolute atomic E-state index is 13.3. The number of hydrogen-bond acceptors (Lipinski definition) is 2. The van der Waals surface area contributed by atoms with Crippen molar-refractivity contribution in [1.82, 2.24) is 0 Å². The van der Waals surface area contributed by atoms with E-state index in [1.54, 1.807) is 0 Å². The zero-order valence-electron chi connectivity index (χ0n) is 7.56. The fourth-order valence-electron chi connectivity index (χ4n) is 1.15. The minimum absolute atomic E-state index is 0.127. The predicted molar refractivity (Wildman–Crippen MR) is 53.6 cm³/mol. The van der Waals surface area contributed by atoms with E-state index in [1.165, 1.54) is 19.2 Å². The van der Waals surface area contributed by atoms with Crippen LogP contribution in [0.25, 0.3) is 0 Å². The molecule has 2 N–H and O–H groups in total. The topological polar surface area (TPSA) is 35.2 Å². The van der Waals surface area contributed by atoms with Gasteiger partial charge in [0, 0.05) is 11.0 Å². The normalized spacial score (nSPS) is 12.6. The van der Waals surface area contributed by atoms with Crippen LogP contribution in [0.4, 0.5) is 8.78 Å². The lowest BCUT2D eigenvalue weighted by Crippen LogP contribution is -2.10. The van der Waals surface area contributed by atoms with E-state index in [0.29, 0.717) is 4.47 Å². The molecule has 0 saturated carbocycles. The summed E-state index contributed by atoms with van der Waals surface area (Å²) in [6.45, 7) is -0.269. The first-order valence-electron chi connectivity index (χ1n) is 3.97. The Morgan fingerprint density at radius 1 is 1.57 bits per heavy atom. The largest absolute Gasteiger partial charge is 0.496 e. The summed E-state index contributed by atoms with van der Waals surface area (Å²) in [7, 11) is 1.36. The molecule has 0 radical (unpaired) electrons. The summed E-state index contributed by atoms with van der Waals surface area (Å²) >= 11 is 3.09. The van der Waals surface area contributed by atoms with Gasteiger partial charge in [-0.3, -0.25) is 0 Å². The van der Waals surface area contributed by atoms with Crippen molar-refractivity contribution in [2.75, 3.05) is 13.7 Å². The number of methoxy groups -OCH3 is 1. The van der Waals surface area contributed by atoms with Crippen LogP contribution >= 0.6 is 15.9 Å². The smallest absolute Gasteiger partial charge is 0.144 e. The molecule has 0 heterocycles. The number of alkyl halides is 1. The highest BCUT2D eigenvalue weighted by atomic mass is 79.9. The van der Waals surface area contributed by atoms with Crippen LogP contribution < -0.4 is 10.5 Å². The second-order valence-corrected chi connectivity index (χ2v) is 3.62. The molecule has 14 heavy (non-hydrogen) atoms. The van der Waals surface area contributed by atoms with Crippen LogP contribution in [-0.2, 0) is 0 Å². The number of nitrogens with two attached hydrogens (primary N) is 1. The number of halogens is 3. The van der Waals surface area contributed by atoms with E-state index in [9.17, 15) is 8.78 Å². The zero-order valence-corrected chi connectivity index (χ0v) is 9.14. The lowest BCUT2D eigenvalue weighted by atomic mass is 10.1. The van der Waals surface area contributed by atoms with Crippen LogP contribution in [-0.4, -0.2) is 13.7 Å². The molecule has 1 rings (SSSR count). The molecule has 2 nitrogen and oxygen atoms in total. The summed E-state index contributed by atoms with van der Waals surface area (Å²) in [5, 5.41) is 0. The summed E-state index contributed by atoms with van der Waals surface area (Å²) < 4.78 is 31.9. The van der Waals surface area contributed by atoms with Crippen molar-refractivity contribution in [1.29, 1.82) is 0 Å². The molecule has 0 fully saturated rings. The molecule has 78 valence electrons. The monoisotopic (exact) mass is 265 g/mol. The Morgan fingerprint density at radius 2 is 2.21 bits per heavy atom. The molecule has 0 aliphatic carbocycles. The van der Waals surface area contributed by atoms with Crippen molar-refractivity contribution < 1.29 is 13.5 Å². The standard InChI is InChI=1S/C9H10BrF2NO/c1-14-8-3-5(10)2-6(11)9(8)7(12)4-13/h2-3,7H,4,13H2,1H3. The Morgan fingerprint density at radius 3 is 2.71 bits per heavy atom. The zero-order chi connectivity index (χ0) is 10.7. The van der Waals surface area contributed by atoms with Gasteiger partial charge in [0.1, 0.15) is 17.7 Å². The third-order valence-electron chi connectivity index (χ3n) is 1.80. The molecule has 5 heteroatoms. The van der Waals surface area contributed by atoms with Crippen molar-refractivity contribution in [3.63, 3.8) is 0 Å². The van der Waals surface area contributed by atoms with Crippen LogP contribution in [0.15, 0.2) is 16.6 Å². The van der Waals surface area contributed by atoms with Crippen molar-refractivity contribution in [3.05, 3.63) is 28.0 Å². The van der Waals surface area contributed by atoms with E-state index >= 15 is 0 Å². The van der Waals surface area contributed by atoms with Crippen molar-refractivity contribution in [3.8, 4) is 5.75 Å². The van der Waals surface area contributed by atoms with Gasteiger partial charge >= 0.3 is 0 Å². The van der Waals surface area contributed by atoms with E-state index in [0.717, 1.165) is 0 Å². The van der Waals surface area contributed by atoms with Gasteiger partial charge in [0.2, 0.25) is 0 Å². The van der Waals surface area contributed by atoms with Crippen LogP contribution in [0, 0.1) is 5.82 Å². The average molecular weight is 266 g/mol. The van der Waals surface area contributed by atoms with Gasteiger partial charge in [-0.25, -0.2) is 8.78 Å². The van der Waals surface area contributed by atoms with E-state index in [2.05, 4.69) is 15.9 Å². The molecular formula is C9H10BrF2NO. The van der Waals surface area contributed by atoms with Gasteiger partial charge < -0.3 is 10.5 Å². The lowest BCUT2D eigenvalue weighted by molar-refractivity contribution is 0.319. The highest BCUT2D eigenvalue weighted by molar-refractivity contribution is 9.10. The molecule has 0 aliphatic heterocycles. The summed E-state index contributed by atoms with van der Waals surface area (Å²) in [6, 6.07) is 2.68. The van der Waals surface area contributed by atoms with Crippen molar-refractivity contribution in [2.24, 2.45) is 5.73 Å². The van der Waals surface area contributed by atoms with E-state index < -0.39 is 12.0 Å². The highest BCUT2D eigenvalue weighted by Gasteiger charge is 2.19. The van der Waals surface area contributed by atoms with E-state index in [1.807, 2.05) is 0 Å². The van der Waals surface area contributed by atoms with Gasteiger partial charge in [0.25, 0.3) is 0 Å². The van der Waals surface area contributed by atoms with Gasteiger partial charge in [0.15, 0.2) is 0 Å². The second kappa shape index (κ2) is 4.70. The molecule has 0 aliphatic rings. The minimum Gasteiger partial charge on any atom is -0.496 e. The lowest BCUT2D eigenvalue weighted by Gasteiger charge is -2.12. The SMILES string of the molecule is COc1cc(Br)cc(F)c1C(F)CN. The molecule has 0 bridgehead atoms.